The molecular formula is C25H19FN2O4S. The zero-order valence-corrected chi connectivity index (χ0v) is 18.4. The fourth-order valence-electron chi connectivity index (χ4n) is 3.06. The first-order valence-corrected chi connectivity index (χ1v) is 10.8. The third-order valence-corrected chi connectivity index (χ3v) is 5.91. The average molecular weight is 463 g/mol. The molecule has 1 aliphatic rings. The Hall–Kier alpha value is -3.91. The molecule has 1 saturated heterocycles. The summed E-state index contributed by atoms with van der Waals surface area (Å²) in [6.45, 7) is 0.120. The molecule has 33 heavy (non-hydrogen) atoms. The van der Waals surface area contributed by atoms with E-state index in [9.17, 15) is 14.0 Å². The summed E-state index contributed by atoms with van der Waals surface area (Å²) in [5.41, 5.74) is 1.85. The van der Waals surface area contributed by atoms with E-state index in [0.29, 0.717) is 27.1 Å². The number of carboxylic acids is 1. The third-order valence-electron chi connectivity index (χ3n) is 4.85. The number of likely N-dealkylation sites (N-methyl/N-ethyl adjacent to an activating group) is 1. The number of carbonyl (C=O) groups excluding carboxylic acids is 1. The van der Waals surface area contributed by atoms with E-state index in [1.165, 1.54) is 34.9 Å². The van der Waals surface area contributed by atoms with E-state index in [1.54, 1.807) is 55.6 Å². The number of nitrogens with zero attached hydrogens (tertiary/aromatic N) is 2. The maximum absolute atomic E-state index is 13.7. The molecule has 0 radical (unpaired) electrons. The van der Waals surface area contributed by atoms with Gasteiger partial charge in [0.05, 0.1) is 16.2 Å². The summed E-state index contributed by atoms with van der Waals surface area (Å²) in [6, 6.07) is 19.8. The molecule has 0 bridgehead atoms. The Balaban J connectivity index is 1.46. The van der Waals surface area contributed by atoms with Crippen molar-refractivity contribution < 1.29 is 23.8 Å². The van der Waals surface area contributed by atoms with Gasteiger partial charge in [0, 0.05) is 12.6 Å². The second-order valence-electron chi connectivity index (χ2n) is 7.17. The quantitative estimate of drug-likeness (QED) is 0.501. The molecule has 0 saturated carbocycles. The number of thioether (sulfide) groups is 1. The second kappa shape index (κ2) is 9.70. The molecule has 8 heteroatoms. The van der Waals surface area contributed by atoms with Crippen molar-refractivity contribution in [2.24, 2.45) is 4.99 Å². The van der Waals surface area contributed by atoms with Gasteiger partial charge in [-0.15, -0.1) is 0 Å². The summed E-state index contributed by atoms with van der Waals surface area (Å²) in [7, 11) is 1.62. The van der Waals surface area contributed by atoms with Crippen LogP contribution in [0.1, 0.15) is 21.5 Å². The van der Waals surface area contributed by atoms with Crippen LogP contribution in [-0.4, -0.2) is 34.1 Å². The highest BCUT2D eigenvalue weighted by atomic mass is 32.2. The Kier molecular flexibility index (Phi) is 6.55. The smallest absolute Gasteiger partial charge is 0.335 e. The molecule has 3 aromatic carbocycles. The summed E-state index contributed by atoms with van der Waals surface area (Å²) >= 11 is 1.21. The normalized spacial score (nSPS) is 15.9. The lowest BCUT2D eigenvalue weighted by Crippen LogP contribution is -2.23. The van der Waals surface area contributed by atoms with Crippen LogP contribution >= 0.6 is 11.8 Å². The zero-order valence-electron chi connectivity index (χ0n) is 17.6. The average Bonchev–Trinajstić information content (AvgIpc) is 3.07. The fraction of sp³-hybridized carbons (Fsp3) is 0.0800. The second-order valence-corrected chi connectivity index (χ2v) is 8.18. The minimum atomic E-state index is -1.04. The number of carboxylic acid groups (broad SMARTS) is 1. The molecule has 0 aliphatic carbocycles. The molecule has 1 fully saturated rings. The van der Waals surface area contributed by atoms with Crippen LogP contribution in [0.2, 0.25) is 0 Å². The Morgan fingerprint density at radius 1 is 1.12 bits per heavy atom. The highest BCUT2D eigenvalue weighted by molar-refractivity contribution is 8.18. The zero-order chi connectivity index (χ0) is 23.4. The third kappa shape index (κ3) is 5.30. The van der Waals surface area contributed by atoms with Crippen LogP contribution in [0.3, 0.4) is 0 Å². The molecule has 1 heterocycles. The summed E-state index contributed by atoms with van der Waals surface area (Å²) in [6.07, 6.45) is 1.75. The highest BCUT2D eigenvalue weighted by Crippen LogP contribution is 2.33. The van der Waals surface area contributed by atoms with Crippen molar-refractivity contribution in [3.63, 3.8) is 0 Å². The van der Waals surface area contributed by atoms with Crippen molar-refractivity contribution in [2.45, 2.75) is 6.61 Å². The molecule has 1 N–H and O–H groups in total. The lowest BCUT2D eigenvalue weighted by Gasteiger charge is -2.07. The van der Waals surface area contributed by atoms with Crippen molar-refractivity contribution >= 4 is 40.6 Å². The lowest BCUT2D eigenvalue weighted by atomic mass is 10.2. The molecular weight excluding hydrogens is 443 g/mol. The fourth-order valence-corrected chi connectivity index (χ4v) is 4.05. The number of rotatable bonds is 6. The number of hydrogen-bond donors (Lipinski definition) is 1. The maximum atomic E-state index is 13.7. The number of benzene rings is 3. The van der Waals surface area contributed by atoms with Gasteiger partial charge in [-0.2, -0.15) is 0 Å². The van der Waals surface area contributed by atoms with E-state index in [1.807, 2.05) is 12.1 Å². The Labute approximate surface area is 194 Å². The van der Waals surface area contributed by atoms with Gasteiger partial charge in [0.2, 0.25) is 0 Å². The van der Waals surface area contributed by atoms with Crippen LogP contribution in [0.4, 0.5) is 10.1 Å². The van der Waals surface area contributed by atoms with Gasteiger partial charge in [-0.1, -0.05) is 36.4 Å². The molecule has 6 nitrogen and oxygen atoms in total. The number of amides is 1. The van der Waals surface area contributed by atoms with E-state index in [2.05, 4.69) is 4.99 Å². The van der Waals surface area contributed by atoms with E-state index < -0.39 is 5.97 Å². The van der Waals surface area contributed by atoms with Crippen LogP contribution in [0.5, 0.6) is 5.75 Å². The minimum absolute atomic E-state index is 0.120. The van der Waals surface area contributed by atoms with Gasteiger partial charge in [0.15, 0.2) is 5.17 Å². The van der Waals surface area contributed by atoms with Gasteiger partial charge in [0.25, 0.3) is 5.91 Å². The molecule has 0 unspecified atom stereocenters. The van der Waals surface area contributed by atoms with Crippen LogP contribution < -0.4 is 4.74 Å². The number of ether oxygens (including phenoxy) is 1. The van der Waals surface area contributed by atoms with E-state index >= 15 is 0 Å². The summed E-state index contributed by atoms with van der Waals surface area (Å²) < 4.78 is 19.4. The van der Waals surface area contributed by atoms with E-state index in [-0.39, 0.29) is 23.9 Å². The summed E-state index contributed by atoms with van der Waals surface area (Å²) in [4.78, 5) is 30.2. The SMILES string of the molecule is CN1C(=O)/C(=C\c2ccc(OCc3ccccc3F)cc2)SC1=Nc1cccc(C(=O)O)c1. The molecule has 0 aromatic heterocycles. The first-order valence-electron chi connectivity index (χ1n) is 9.96. The number of hydrogen-bond acceptors (Lipinski definition) is 5. The van der Waals surface area contributed by atoms with Crippen LogP contribution in [0.15, 0.2) is 82.7 Å². The number of amidine groups is 1. The molecule has 166 valence electrons. The first kappa shape index (κ1) is 22.3. The lowest BCUT2D eigenvalue weighted by molar-refractivity contribution is -0.121. The number of halogens is 1. The Morgan fingerprint density at radius 2 is 1.88 bits per heavy atom. The van der Waals surface area contributed by atoms with Gasteiger partial charge in [-0.05, 0) is 59.8 Å². The predicted octanol–water partition coefficient (Wildman–Crippen LogP) is 5.34. The molecule has 1 amide bonds. The number of aromatic carboxylic acids is 1. The van der Waals surface area contributed by atoms with Gasteiger partial charge >= 0.3 is 5.97 Å². The largest absolute Gasteiger partial charge is 0.489 e. The van der Waals surface area contributed by atoms with Crippen molar-refractivity contribution in [3.05, 3.63) is 100 Å². The van der Waals surface area contributed by atoms with Crippen molar-refractivity contribution in [3.8, 4) is 5.75 Å². The standard InChI is InChI=1S/C25H19FN2O4S/c1-28-23(29)22(33-25(28)27-19-7-4-6-17(14-19)24(30)31)13-16-9-11-20(12-10-16)32-15-18-5-2-3-8-21(18)26/h2-14H,15H2,1H3,(H,30,31)/b22-13+,27-25?. The molecule has 3 aromatic rings. The maximum Gasteiger partial charge on any atom is 0.335 e. The van der Waals surface area contributed by atoms with Gasteiger partial charge < -0.3 is 9.84 Å². The van der Waals surface area contributed by atoms with Crippen molar-refractivity contribution in [1.82, 2.24) is 4.90 Å². The van der Waals surface area contributed by atoms with Crippen LogP contribution in [0, 0.1) is 5.82 Å². The first-order chi connectivity index (χ1) is 15.9. The van der Waals surface area contributed by atoms with Gasteiger partial charge in [-0.3, -0.25) is 9.69 Å². The number of carbonyl (C=O) groups is 2. The summed E-state index contributed by atoms with van der Waals surface area (Å²) in [5, 5.41) is 9.60. The molecule has 0 atom stereocenters. The summed E-state index contributed by atoms with van der Waals surface area (Å²) in [5.74, 6) is -0.967. The van der Waals surface area contributed by atoms with Crippen molar-refractivity contribution in [1.29, 1.82) is 0 Å². The van der Waals surface area contributed by atoms with Gasteiger partial charge in [0.1, 0.15) is 18.2 Å². The van der Waals surface area contributed by atoms with Crippen LogP contribution in [-0.2, 0) is 11.4 Å². The van der Waals surface area contributed by atoms with Crippen LogP contribution in [0.25, 0.3) is 6.08 Å². The highest BCUT2D eigenvalue weighted by Gasteiger charge is 2.30. The Bertz CT molecular complexity index is 1270. The number of aliphatic imine (C=N–C) groups is 1. The Morgan fingerprint density at radius 3 is 2.61 bits per heavy atom. The molecule has 1 aliphatic heterocycles. The topological polar surface area (TPSA) is 79.2 Å². The van der Waals surface area contributed by atoms with Crippen molar-refractivity contribution in [2.75, 3.05) is 7.05 Å². The predicted molar refractivity (Wildman–Crippen MR) is 126 cm³/mol. The minimum Gasteiger partial charge on any atom is -0.489 e. The van der Waals surface area contributed by atoms with Gasteiger partial charge in [-0.25, -0.2) is 14.2 Å². The van der Waals surface area contributed by atoms with E-state index in [0.717, 1.165) is 5.56 Å². The molecule has 4 rings (SSSR count). The van der Waals surface area contributed by atoms with E-state index in [4.69, 9.17) is 9.84 Å². The molecule has 0 spiro atoms. The monoisotopic (exact) mass is 462 g/mol.